The number of ether oxygens (including phenoxy) is 2. The Labute approximate surface area is 205 Å². The van der Waals surface area contributed by atoms with E-state index >= 15 is 0 Å². The van der Waals surface area contributed by atoms with Crippen molar-refractivity contribution in [1.82, 2.24) is 5.43 Å². The molecule has 34 heavy (non-hydrogen) atoms. The summed E-state index contributed by atoms with van der Waals surface area (Å²) in [6.07, 6.45) is 1.34. The van der Waals surface area contributed by atoms with Crippen LogP contribution in [0.1, 0.15) is 27.0 Å². The minimum absolute atomic E-state index is 0.220. The Morgan fingerprint density at radius 3 is 2.44 bits per heavy atom. The molecule has 2 amide bonds. The van der Waals surface area contributed by atoms with Gasteiger partial charge in [-0.15, -0.1) is 0 Å². The van der Waals surface area contributed by atoms with Gasteiger partial charge in [0.05, 0.1) is 18.9 Å². The van der Waals surface area contributed by atoms with E-state index in [9.17, 15) is 14.4 Å². The van der Waals surface area contributed by atoms with Gasteiger partial charge in [-0.05, 0) is 82.9 Å². The molecule has 8 nitrogen and oxygen atoms in total. The summed E-state index contributed by atoms with van der Waals surface area (Å²) in [6.45, 7) is 3.72. The molecule has 0 aliphatic rings. The third-order valence-corrected chi connectivity index (χ3v) is 5.40. The Balaban J connectivity index is 1.63. The summed E-state index contributed by atoms with van der Waals surface area (Å²) in [5.41, 5.74) is 5.46. The van der Waals surface area contributed by atoms with Gasteiger partial charge in [0.1, 0.15) is 0 Å². The molecule has 3 rings (SSSR count). The molecular weight excluding hydrogens is 502 g/mol. The highest BCUT2D eigenvalue weighted by molar-refractivity contribution is 9.10. The monoisotopic (exact) mass is 523 g/mol. The van der Waals surface area contributed by atoms with Gasteiger partial charge in [0, 0.05) is 10.2 Å². The molecule has 0 aliphatic heterocycles. The molecule has 0 heterocycles. The fourth-order valence-corrected chi connectivity index (χ4v) is 3.34. The number of carbonyl (C=O) groups excluding carboxylic acids is 3. The van der Waals surface area contributed by atoms with Gasteiger partial charge in [0.2, 0.25) is 0 Å². The number of esters is 1. The number of benzene rings is 3. The third-order valence-electron chi connectivity index (χ3n) is 4.71. The molecule has 3 aromatic carbocycles. The summed E-state index contributed by atoms with van der Waals surface area (Å²) in [6, 6.07) is 17.2. The van der Waals surface area contributed by atoms with Crippen molar-refractivity contribution in [2.45, 2.75) is 13.8 Å². The molecule has 0 saturated heterocycles. The number of hydrogen-bond donors (Lipinski definition) is 2. The van der Waals surface area contributed by atoms with Gasteiger partial charge in [-0.1, -0.05) is 24.3 Å². The van der Waals surface area contributed by atoms with E-state index < -0.39 is 17.8 Å². The summed E-state index contributed by atoms with van der Waals surface area (Å²) in [7, 11) is 1.44. The first-order chi connectivity index (χ1) is 16.3. The molecule has 0 unspecified atom stereocenters. The lowest BCUT2D eigenvalue weighted by molar-refractivity contribution is -0.136. The zero-order chi connectivity index (χ0) is 24.7. The van der Waals surface area contributed by atoms with Crippen LogP contribution >= 0.6 is 15.9 Å². The molecule has 0 atom stereocenters. The van der Waals surface area contributed by atoms with Crippen LogP contribution in [0.2, 0.25) is 0 Å². The van der Waals surface area contributed by atoms with Crippen molar-refractivity contribution in [3.05, 3.63) is 87.4 Å². The highest BCUT2D eigenvalue weighted by atomic mass is 79.9. The molecule has 0 bridgehead atoms. The van der Waals surface area contributed by atoms with E-state index in [1.165, 1.54) is 13.3 Å². The number of amides is 2. The van der Waals surface area contributed by atoms with Crippen LogP contribution in [-0.2, 0) is 9.59 Å². The molecule has 0 spiro atoms. The molecule has 0 fully saturated rings. The van der Waals surface area contributed by atoms with E-state index in [0.717, 1.165) is 11.1 Å². The predicted octanol–water partition coefficient (Wildman–Crippen LogP) is 4.38. The Hall–Kier alpha value is -3.98. The third kappa shape index (κ3) is 6.29. The normalized spacial score (nSPS) is 10.6. The van der Waals surface area contributed by atoms with E-state index in [1.54, 1.807) is 48.5 Å². The number of nitrogens with one attached hydrogen (secondary N) is 2. The Morgan fingerprint density at radius 2 is 1.71 bits per heavy atom. The molecule has 9 heteroatoms. The Morgan fingerprint density at radius 1 is 0.941 bits per heavy atom. The van der Waals surface area contributed by atoms with Crippen molar-refractivity contribution in [2.75, 3.05) is 12.4 Å². The van der Waals surface area contributed by atoms with Gasteiger partial charge in [0.15, 0.2) is 11.5 Å². The molecule has 0 saturated carbocycles. The number of hydrogen-bond acceptors (Lipinski definition) is 6. The van der Waals surface area contributed by atoms with Crippen LogP contribution in [0.4, 0.5) is 5.69 Å². The van der Waals surface area contributed by atoms with Gasteiger partial charge >= 0.3 is 17.8 Å². The van der Waals surface area contributed by atoms with Crippen LogP contribution in [0.3, 0.4) is 0 Å². The standard InChI is InChI=1S/C25H22BrN3O5/c1-15-8-9-16(2)20(12-15)28-23(30)24(31)29-27-14-17-10-11-21(22(13-17)33-3)34-25(32)18-6-4-5-7-19(18)26/h4-14H,1-3H3,(H,28,30)(H,29,31)/b27-14+. The van der Waals surface area contributed by atoms with Crippen molar-refractivity contribution in [1.29, 1.82) is 0 Å². The summed E-state index contributed by atoms with van der Waals surface area (Å²) in [4.78, 5) is 36.7. The number of anilines is 1. The number of methoxy groups -OCH3 is 1. The van der Waals surface area contributed by atoms with E-state index in [-0.39, 0.29) is 5.75 Å². The van der Waals surface area contributed by atoms with E-state index in [4.69, 9.17) is 9.47 Å². The lowest BCUT2D eigenvalue weighted by Crippen LogP contribution is -2.32. The molecule has 0 aromatic heterocycles. The molecule has 0 radical (unpaired) electrons. The second kappa shape index (κ2) is 11.2. The van der Waals surface area contributed by atoms with Crippen LogP contribution < -0.4 is 20.2 Å². The summed E-state index contributed by atoms with van der Waals surface area (Å²) < 4.78 is 11.4. The van der Waals surface area contributed by atoms with Gasteiger partial charge in [-0.25, -0.2) is 10.2 Å². The minimum atomic E-state index is -0.914. The van der Waals surface area contributed by atoms with Crippen LogP contribution in [0.15, 0.2) is 70.2 Å². The maximum atomic E-state index is 12.4. The number of aryl methyl sites for hydroxylation is 2. The number of nitrogens with zero attached hydrogens (tertiary/aromatic N) is 1. The van der Waals surface area contributed by atoms with E-state index in [1.807, 2.05) is 26.0 Å². The lowest BCUT2D eigenvalue weighted by Gasteiger charge is -2.10. The second-order valence-electron chi connectivity index (χ2n) is 7.25. The van der Waals surface area contributed by atoms with E-state index in [0.29, 0.717) is 27.0 Å². The van der Waals surface area contributed by atoms with Crippen molar-refractivity contribution in [3.8, 4) is 11.5 Å². The number of carbonyl (C=O) groups is 3. The van der Waals surface area contributed by atoms with Crippen LogP contribution in [0.5, 0.6) is 11.5 Å². The van der Waals surface area contributed by atoms with Gasteiger partial charge in [-0.3, -0.25) is 9.59 Å². The van der Waals surface area contributed by atoms with Crippen LogP contribution in [0, 0.1) is 13.8 Å². The van der Waals surface area contributed by atoms with Gasteiger partial charge < -0.3 is 14.8 Å². The fraction of sp³-hybridized carbons (Fsp3) is 0.120. The van der Waals surface area contributed by atoms with Crippen molar-refractivity contribution < 1.29 is 23.9 Å². The van der Waals surface area contributed by atoms with Crippen LogP contribution in [0.25, 0.3) is 0 Å². The molecular formula is C25H22BrN3O5. The average molecular weight is 524 g/mol. The zero-order valence-electron chi connectivity index (χ0n) is 18.7. The van der Waals surface area contributed by atoms with Crippen molar-refractivity contribution >= 4 is 45.6 Å². The lowest BCUT2D eigenvalue weighted by atomic mass is 10.1. The topological polar surface area (TPSA) is 106 Å². The molecule has 3 aromatic rings. The Bertz CT molecular complexity index is 1270. The second-order valence-corrected chi connectivity index (χ2v) is 8.11. The summed E-state index contributed by atoms with van der Waals surface area (Å²) >= 11 is 3.32. The quantitative estimate of drug-likeness (QED) is 0.164. The first-order valence-electron chi connectivity index (χ1n) is 10.1. The zero-order valence-corrected chi connectivity index (χ0v) is 20.3. The number of halogens is 1. The molecule has 2 N–H and O–H groups in total. The van der Waals surface area contributed by atoms with Crippen molar-refractivity contribution in [2.24, 2.45) is 5.10 Å². The van der Waals surface area contributed by atoms with Gasteiger partial charge in [-0.2, -0.15) is 5.10 Å². The maximum Gasteiger partial charge on any atom is 0.344 e. The summed E-state index contributed by atoms with van der Waals surface area (Å²) in [5.74, 6) is -1.78. The minimum Gasteiger partial charge on any atom is -0.493 e. The fourth-order valence-electron chi connectivity index (χ4n) is 2.90. The molecule has 0 aliphatic carbocycles. The SMILES string of the molecule is COc1cc(/C=N/NC(=O)C(=O)Nc2cc(C)ccc2C)ccc1OC(=O)c1ccccc1Br. The first-order valence-corrected chi connectivity index (χ1v) is 10.9. The molecule has 174 valence electrons. The maximum absolute atomic E-state index is 12.4. The Kier molecular flexibility index (Phi) is 8.15. The summed E-state index contributed by atoms with van der Waals surface area (Å²) in [5, 5.41) is 6.38. The highest BCUT2D eigenvalue weighted by Crippen LogP contribution is 2.29. The van der Waals surface area contributed by atoms with E-state index in [2.05, 4.69) is 31.8 Å². The van der Waals surface area contributed by atoms with Crippen molar-refractivity contribution in [3.63, 3.8) is 0 Å². The number of hydrazone groups is 1. The highest BCUT2D eigenvalue weighted by Gasteiger charge is 2.16. The van der Waals surface area contributed by atoms with Gasteiger partial charge in [0.25, 0.3) is 0 Å². The van der Waals surface area contributed by atoms with Crippen LogP contribution in [-0.4, -0.2) is 31.1 Å². The average Bonchev–Trinajstić information content (AvgIpc) is 2.82. The number of rotatable bonds is 6. The predicted molar refractivity (Wildman–Crippen MR) is 132 cm³/mol. The first kappa shape index (κ1) is 24.7. The largest absolute Gasteiger partial charge is 0.493 e. The smallest absolute Gasteiger partial charge is 0.344 e.